The zero-order valence-electron chi connectivity index (χ0n) is 16.7. The van der Waals surface area contributed by atoms with Crippen LogP contribution in [-0.2, 0) is 4.79 Å². The molecule has 3 aromatic carbocycles. The smallest absolute Gasteiger partial charge is 0.240 e. The monoisotopic (exact) mass is 408 g/mol. The first-order valence-corrected chi connectivity index (χ1v) is 10.1. The molecule has 1 amide bonds. The number of Topliss-reactive ketones (excluding diaryl/α,β-unsaturated/α-hetero) is 1. The molecule has 0 bridgehead atoms. The number of carbonyl (C=O) groups excluding carboxylic acids is 2. The summed E-state index contributed by atoms with van der Waals surface area (Å²) in [6.07, 6.45) is 5.39. The number of para-hydroxylation sites is 1. The summed E-state index contributed by atoms with van der Waals surface area (Å²) in [5.74, 6) is -0.366. The van der Waals surface area contributed by atoms with Crippen molar-refractivity contribution in [3.8, 4) is 0 Å². The van der Waals surface area contributed by atoms with Gasteiger partial charge in [-0.3, -0.25) is 9.59 Å². The van der Waals surface area contributed by atoms with Crippen LogP contribution in [0.3, 0.4) is 0 Å². The van der Waals surface area contributed by atoms with Crippen LogP contribution in [0.15, 0.2) is 78.2 Å². The minimum absolute atomic E-state index is 0.0694. The van der Waals surface area contributed by atoms with E-state index in [4.69, 9.17) is 0 Å². The number of rotatable bonds is 6. The number of hydrogen-bond donors (Lipinski definition) is 3. The fourth-order valence-electron chi connectivity index (χ4n) is 3.90. The van der Waals surface area contributed by atoms with E-state index in [1.165, 1.54) is 0 Å². The Kier molecular flexibility index (Phi) is 4.80. The summed E-state index contributed by atoms with van der Waals surface area (Å²) in [7, 11) is 0. The Morgan fingerprint density at radius 1 is 0.839 bits per heavy atom. The summed E-state index contributed by atoms with van der Waals surface area (Å²) in [5, 5.41) is 8.28. The highest BCUT2D eigenvalue weighted by atomic mass is 16.2. The number of carbonyl (C=O) groups is 2. The quantitative estimate of drug-likeness (QED) is 0.212. The van der Waals surface area contributed by atoms with Gasteiger partial charge < -0.3 is 9.97 Å². The average Bonchev–Trinajstić information content (AvgIpc) is 3.42. The maximum atomic E-state index is 12.5. The third kappa shape index (κ3) is 3.59. The molecule has 0 saturated heterocycles. The van der Waals surface area contributed by atoms with Gasteiger partial charge in [0.1, 0.15) is 0 Å². The Labute approximate surface area is 178 Å². The van der Waals surface area contributed by atoms with Crippen molar-refractivity contribution in [1.29, 1.82) is 0 Å². The molecule has 0 fully saturated rings. The first kappa shape index (κ1) is 18.8. The van der Waals surface area contributed by atoms with Gasteiger partial charge in [0.15, 0.2) is 5.78 Å². The molecule has 0 aliphatic carbocycles. The molecule has 6 heteroatoms. The van der Waals surface area contributed by atoms with Crippen LogP contribution in [0.1, 0.15) is 28.8 Å². The molecule has 5 rings (SSSR count). The van der Waals surface area contributed by atoms with Crippen molar-refractivity contribution in [2.75, 3.05) is 0 Å². The Hall–Kier alpha value is -4.19. The number of amides is 1. The van der Waals surface area contributed by atoms with E-state index in [1.807, 2.05) is 48.7 Å². The second-order valence-corrected chi connectivity index (χ2v) is 7.42. The van der Waals surface area contributed by atoms with Crippen LogP contribution in [0, 0.1) is 0 Å². The summed E-state index contributed by atoms with van der Waals surface area (Å²) >= 11 is 0. The molecule has 5 aromatic rings. The Morgan fingerprint density at radius 3 is 2.55 bits per heavy atom. The highest BCUT2D eigenvalue weighted by Gasteiger charge is 2.13. The number of aromatic amines is 2. The van der Waals surface area contributed by atoms with Crippen molar-refractivity contribution >= 4 is 50.5 Å². The largest absolute Gasteiger partial charge is 0.360 e. The van der Waals surface area contributed by atoms with Gasteiger partial charge in [-0.2, -0.15) is 5.10 Å². The van der Waals surface area contributed by atoms with E-state index in [-0.39, 0.29) is 24.5 Å². The zero-order valence-corrected chi connectivity index (χ0v) is 16.7. The maximum Gasteiger partial charge on any atom is 0.240 e. The molecule has 152 valence electrons. The van der Waals surface area contributed by atoms with E-state index in [0.717, 1.165) is 38.1 Å². The SMILES string of the molecule is O=C(CCC(=O)c1c[nH]c2ccccc12)N/N=C\c1c[nH]c2c1ccc1ccccc12. The van der Waals surface area contributed by atoms with Crippen molar-refractivity contribution in [3.63, 3.8) is 0 Å². The van der Waals surface area contributed by atoms with Crippen molar-refractivity contribution < 1.29 is 9.59 Å². The Bertz CT molecular complexity index is 1460. The van der Waals surface area contributed by atoms with Crippen LogP contribution in [0.2, 0.25) is 0 Å². The molecule has 0 unspecified atom stereocenters. The maximum absolute atomic E-state index is 12.5. The summed E-state index contributed by atoms with van der Waals surface area (Å²) in [6.45, 7) is 0. The van der Waals surface area contributed by atoms with Gasteiger partial charge in [-0.15, -0.1) is 0 Å². The van der Waals surface area contributed by atoms with Crippen LogP contribution in [-0.4, -0.2) is 27.9 Å². The molecule has 2 heterocycles. The molecule has 0 radical (unpaired) electrons. The number of ketones is 1. The Morgan fingerprint density at radius 2 is 1.65 bits per heavy atom. The average molecular weight is 408 g/mol. The standard InChI is InChI=1S/C25H20N4O2/c30-23(21-15-26-22-8-4-3-7-20(21)22)11-12-24(31)29-28-14-17-13-27-25-18-6-2-1-5-16(18)9-10-19(17)25/h1-10,13-15,26-27H,11-12H2,(H,29,31)/b28-14-. The van der Waals surface area contributed by atoms with Crippen LogP contribution in [0.25, 0.3) is 32.6 Å². The number of nitrogens with zero attached hydrogens (tertiary/aromatic N) is 1. The number of aromatic nitrogens is 2. The molecule has 3 N–H and O–H groups in total. The van der Waals surface area contributed by atoms with Gasteiger partial charge in [0, 0.05) is 58.0 Å². The van der Waals surface area contributed by atoms with Crippen molar-refractivity contribution in [2.24, 2.45) is 5.10 Å². The fraction of sp³-hybridized carbons (Fsp3) is 0.0800. The zero-order chi connectivity index (χ0) is 21.2. The van der Waals surface area contributed by atoms with Crippen molar-refractivity contribution in [1.82, 2.24) is 15.4 Å². The molecule has 0 aliphatic heterocycles. The summed E-state index contributed by atoms with van der Waals surface area (Å²) < 4.78 is 0. The van der Waals surface area contributed by atoms with E-state index < -0.39 is 0 Å². The second-order valence-electron chi connectivity index (χ2n) is 7.42. The number of hydrazone groups is 1. The van der Waals surface area contributed by atoms with Crippen molar-refractivity contribution in [2.45, 2.75) is 12.8 Å². The molecule has 0 atom stereocenters. The topological polar surface area (TPSA) is 90.1 Å². The molecule has 2 aromatic heterocycles. The van der Waals surface area contributed by atoms with Gasteiger partial charge in [-0.25, -0.2) is 5.43 Å². The predicted octanol–water partition coefficient (Wildman–Crippen LogP) is 4.92. The molecular weight excluding hydrogens is 388 g/mol. The van der Waals surface area contributed by atoms with Crippen LogP contribution in [0.4, 0.5) is 0 Å². The van der Waals surface area contributed by atoms with Gasteiger partial charge in [0.25, 0.3) is 0 Å². The normalized spacial score (nSPS) is 11.6. The number of H-pyrrole nitrogens is 2. The Balaban J connectivity index is 1.22. The van der Waals surface area contributed by atoms with E-state index in [0.29, 0.717) is 5.56 Å². The molecule has 0 saturated carbocycles. The number of benzene rings is 3. The van der Waals surface area contributed by atoms with Crippen LogP contribution >= 0.6 is 0 Å². The molecule has 6 nitrogen and oxygen atoms in total. The minimum Gasteiger partial charge on any atom is -0.360 e. The second kappa shape index (κ2) is 7.91. The molecule has 31 heavy (non-hydrogen) atoms. The van der Waals surface area contributed by atoms with Gasteiger partial charge in [-0.1, -0.05) is 54.6 Å². The summed E-state index contributed by atoms with van der Waals surface area (Å²) in [6, 6.07) is 19.9. The first-order valence-electron chi connectivity index (χ1n) is 10.1. The van der Waals surface area contributed by atoms with E-state index in [2.05, 4.69) is 38.7 Å². The summed E-state index contributed by atoms with van der Waals surface area (Å²) in [4.78, 5) is 31.0. The lowest BCUT2D eigenvalue weighted by atomic mass is 10.1. The van der Waals surface area contributed by atoms with Gasteiger partial charge in [-0.05, 0) is 11.5 Å². The van der Waals surface area contributed by atoms with Crippen molar-refractivity contribution in [3.05, 3.63) is 84.2 Å². The van der Waals surface area contributed by atoms with Gasteiger partial charge in [0.2, 0.25) is 5.91 Å². The van der Waals surface area contributed by atoms with E-state index in [9.17, 15) is 9.59 Å². The summed E-state index contributed by atoms with van der Waals surface area (Å²) in [5.41, 5.74) is 5.96. The van der Waals surface area contributed by atoms with E-state index >= 15 is 0 Å². The molecule has 0 aliphatic rings. The van der Waals surface area contributed by atoms with Crippen LogP contribution < -0.4 is 5.43 Å². The lowest BCUT2D eigenvalue weighted by Crippen LogP contribution is -2.18. The number of fused-ring (bicyclic) bond motifs is 4. The molecular formula is C25H20N4O2. The fourth-order valence-corrected chi connectivity index (χ4v) is 3.90. The minimum atomic E-state index is -0.297. The third-order valence-electron chi connectivity index (χ3n) is 5.47. The van der Waals surface area contributed by atoms with Crippen LogP contribution in [0.5, 0.6) is 0 Å². The van der Waals surface area contributed by atoms with Gasteiger partial charge in [0.05, 0.1) is 11.7 Å². The lowest BCUT2D eigenvalue weighted by Gasteiger charge is -2.01. The third-order valence-corrected chi connectivity index (χ3v) is 5.47. The van der Waals surface area contributed by atoms with Gasteiger partial charge >= 0.3 is 0 Å². The first-order chi connectivity index (χ1) is 15.2. The van der Waals surface area contributed by atoms with E-state index in [1.54, 1.807) is 12.4 Å². The highest BCUT2D eigenvalue weighted by molar-refractivity contribution is 6.11. The molecule has 0 spiro atoms. The lowest BCUT2D eigenvalue weighted by molar-refractivity contribution is -0.121. The number of hydrogen-bond acceptors (Lipinski definition) is 3. The predicted molar refractivity (Wildman–Crippen MR) is 123 cm³/mol. The highest BCUT2D eigenvalue weighted by Crippen LogP contribution is 2.26. The number of nitrogens with one attached hydrogen (secondary N) is 3.